The molecule has 6 heteroatoms. The highest BCUT2D eigenvalue weighted by Crippen LogP contribution is 2.14. The van der Waals surface area contributed by atoms with Gasteiger partial charge in [0.15, 0.2) is 6.10 Å². The molecule has 0 aliphatic rings. The van der Waals surface area contributed by atoms with Crippen LogP contribution in [0, 0.1) is 0 Å². The topological polar surface area (TPSA) is 78.9 Å². The molecule has 0 bridgehead atoms. The molecule has 0 rings (SSSR count). The summed E-state index contributed by atoms with van der Waals surface area (Å²) < 4.78 is 16.7. The van der Waals surface area contributed by atoms with E-state index in [1.807, 2.05) is 0 Å². The molecule has 0 fully saturated rings. The number of hydrogen-bond acceptors (Lipinski definition) is 6. The van der Waals surface area contributed by atoms with Crippen LogP contribution < -0.4 is 0 Å². The van der Waals surface area contributed by atoms with Crippen LogP contribution in [0.25, 0.3) is 0 Å². The molecule has 1 unspecified atom stereocenters. The van der Waals surface area contributed by atoms with Crippen molar-refractivity contribution < 1.29 is 28.6 Å². The van der Waals surface area contributed by atoms with Crippen molar-refractivity contribution in [2.75, 3.05) is 13.2 Å². The molecule has 0 aromatic rings. The van der Waals surface area contributed by atoms with Crippen molar-refractivity contribution in [1.29, 1.82) is 0 Å². The van der Waals surface area contributed by atoms with E-state index in [0.29, 0.717) is 19.3 Å². The summed E-state index contributed by atoms with van der Waals surface area (Å²) >= 11 is 0. The monoisotopic (exact) mass is 981 g/mol. The molecule has 0 aromatic heterocycles. The van der Waals surface area contributed by atoms with Gasteiger partial charge in [0.1, 0.15) is 13.2 Å². The van der Waals surface area contributed by atoms with E-state index in [-0.39, 0.29) is 31.1 Å². The van der Waals surface area contributed by atoms with Gasteiger partial charge in [0.2, 0.25) is 0 Å². The second-order valence-corrected chi connectivity index (χ2v) is 18.4. The lowest BCUT2D eigenvalue weighted by molar-refractivity contribution is -0.167. The van der Waals surface area contributed by atoms with E-state index in [2.05, 4.69) is 154 Å². The van der Waals surface area contributed by atoms with Crippen molar-refractivity contribution in [1.82, 2.24) is 0 Å². The van der Waals surface area contributed by atoms with E-state index < -0.39 is 6.10 Å². The second-order valence-electron chi connectivity index (χ2n) is 18.4. The van der Waals surface area contributed by atoms with Crippen molar-refractivity contribution in [2.45, 2.75) is 245 Å². The van der Waals surface area contributed by atoms with Gasteiger partial charge >= 0.3 is 17.9 Å². The maximum absolute atomic E-state index is 12.8. The van der Waals surface area contributed by atoms with Crippen molar-refractivity contribution in [2.24, 2.45) is 0 Å². The first-order chi connectivity index (χ1) is 35.0. The zero-order valence-electron chi connectivity index (χ0n) is 45.7. The van der Waals surface area contributed by atoms with Crippen LogP contribution in [0.2, 0.25) is 0 Å². The van der Waals surface area contributed by atoms with E-state index in [4.69, 9.17) is 14.2 Å². The number of carbonyl (C=O) groups is 3. The molecule has 0 spiro atoms. The van der Waals surface area contributed by atoms with Gasteiger partial charge < -0.3 is 14.2 Å². The molecule has 0 aliphatic heterocycles. The lowest BCUT2D eigenvalue weighted by Crippen LogP contribution is -2.30. The molecular formula is C65H104O6. The minimum absolute atomic E-state index is 0.0910. The molecule has 0 heterocycles. The standard InChI is InChI=1S/C65H104O6/c1-4-7-10-13-15-17-19-21-23-25-26-27-28-29-30-31-32-33-34-35-36-37-38-40-41-43-45-47-49-52-55-58-64(67)70-61-62(60-69-63(66)57-54-51-12-9-6-3)71-65(68)59-56-53-50-48-46-44-42-39-24-22-20-18-16-14-11-8-5-2/h7-8,10-11,15-18,21-24,26-27,29-30,32-33,35-36,38,40,62H,4-6,9,12-14,19-20,25,28,31,34,37,39,41-61H2,1-3H3/b10-7-,11-8-,17-15-,18-16-,23-21-,24-22-,27-26-,30-29-,33-32-,36-35-,40-38-. The molecule has 0 aliphatic carbocycles. The van der Waals surface area contributed by atoms with Gasteiger partial charge in [-0.3, -0.25) is 14.4 Å². The Morgan fingerprint density at radius 1 is 0.296 bits per heavy atom. The van der Waals surface area contributed by atoms with Crippen LogP contribution in [-0.4, -0.2) is 37.2 Å². The SMILES string of the molecule is CC/C=C\C/C=C\C/C=C\C/C=C\C/C=C\C/C=C\C/C=C\C/C=C\CCCCCCCCC(=O)OCC(COC(=O)CCCCCCC)OC(=O)CCCCCCCCC/C=C\C/C=C\C/C=C\CC. The molecule has 400 valence electrons. The summed E-state index contributed by atoms with van der Waals surface area (Å²) in [6.45, 7) is 6.30. The molecule has 1 atom stereocenters. The van der Waals surface area contributed by atoms with E-state index in [0.717, 1.165) is 161 Å². The zero-order chi connectivity index (χ0) is 51.4. The van der Waals surface area contributed by atoms with Gasteiger partial charge in [0.05, 0.1) is 0 Å². The van der Waals surface area contributed by atoms with Crippen LogP contribution in [0.15, 0.2) is 134 Å². The Morgan fingerprint density at radius 3 is 0.859 bits per heavy atom. The van der Waals surface area contributed by atoms with Crippen LogP contribution in [0.4, 0.5) is 0 Å². The Hall–Kier alpha value is -4.45. The van der Waals surface area contributed by atoms with Crippen molar-refractivity contribution >= 4 is 17.9 Å². The molecule has 0 radical (unpaired) electrons. The minimum Gasteiger partial charge on any atom is -0.462 e. The molecular weight excluding hydrogens is 877 g/mol. The average Bonchev–Trinajstić information content (AvgIpc) is 3.37. The van der Waals surface area contributed by atoms with Gasteiger partial charge in [-0.15, -0.1) is 0 Å². The molecule has 6 nitrogen and oxygen atoms in total. The third-order valence-electron chi connectivity index (χ3n) is 11.7. The minimum atomic E-state index is -0.790. The second kappa shape index (κ2) is 58.1. The smallest absolute Gasteiger partial charge is 0.306 e. The Balaban J connectivity index is 4.15. The first-order valence-corrected chi connectivity index (χ1v) is 28.7. The van der Waals surface area contributed by atoms with Crippen molar-refractivity contribution in [3.63, 3.8) is 0 Å². The highest BCUT2D eigenvalue weighted by Gasteiger charge is 2.19. The first-order valence-electron chi connectivity index (χ1n) is 28.7. The maximum Gasteiger partial charge on any atom is 0.306 e. The van der Waals surface area contributed by atoms with E-state index in [1.54, 1.807) is 0 Å². The summed E-state index contributed by atoms with van der Waals surface area (Å²) in [5.41, 5.74) is 0. The average molecular weight is 982 g/mol. The summed E-state index contributed by atoms with van der Waals surface area (Å²) in [4.78, 5) is 37.8. The van der Waals surface area contributed by atoms with Crippen LogP contribution in [-0.2, 0) is 28.6 Å². The lowest BCUT2D eigenvalue weighted by atomic mass is 10.1. The van der Waals surface area contributed by atoms with Gasteiger partial charge in [-0.05, 0) is 116 Å². The summed E-state index contributed by atoms with van der Waals surface area (Å²) in [6, 6.07) is 0. The third kappa shape index (κ3) is 56.3. The normalized spacial score (nSPS) is 13.1. The van der Waals surface area contributed by atoms with Crippen LogP contribution in [0.1, 0.15) is 239 Å². The van der Waals surface area contributed by atoms with Gasteiger partial charge in [-0.1, -0.05) is 238 Å². The lowest BCUT2D eigenvalue weighted by Gasteiger charge is -2.18. The number of rotatable bonds is 50. The van der Waals surface area contributed by atoms with Gasteiger partial charge in [-0.25, -0.2) is 0 Å². The van der Waals surface area contributed by atoms with Crippen LogP contribution >= 0.6 is 0 Å². The highest BCUT2D eigenvalue weighted by molar-refractivity contribution is 5.71. The molecule has 0 N–H and O–H groups in total. The quantitative estimate of drug-likeness (QED) is 0.0262. The Bertz CT molecular complexity index is 1550. The number of hydrogen-bond donors (Lipinski definition) is 0. The predicted octanol–water partition coefficient (Wildman–Crippen LogP) is 19.4. The van der Waals surface area contributed by atoms with Crippen LogP contribution in [0.5, 0.6) is 0 Å². The summed E-state index contributed by atoms with van der Waals surface area (Å²) in [6.07, 6.45) is 82.0. The number of carbonyl (C=O) groups excluding carboxylic acids is 3. The van der Waals surface area contributed by atoms with Crippen molar-refractivity contribution in [3.05, 3.63) is 134 Å². The Labute approximate surface area is 436 Å². The molecule has 71 heavy (non-hydrogen) atoms. The van der Waals surface area contributed by atoms with E-state index in [9.17, 15) is 14.4 Å². The largest absolute Gasteiger partial charge is 0.462 e. The molecule has 0 saturated heterocycles. The molecule has 0 saturated carbocycles. The zero-order valence-corrected chi connectivity index (χ0v) is 45.7. The van der Waals surface area contributed by atoms with Crippen LogP contribution in [0.3, 0.4) is 0 Å². The van der Waals surface area contributed by atoms with Gasteiger partial charge in [0.25, 0.3) is 0 Å². The van der Waals surface area contributed by atoms with E-state index >= 15 is 0 Å². The van der Waals surface area contributed by atoms with Gasteiger partial charge in [-0.2, -0.15) is 0 Å². The maximum atomic E-state index is 12.8. The first kappa shape index (κ1) is 66.6. The third-order valence-corrected chi connectivity index (χ3v) is 11.7. The fraction of sp³-hybridized carbons (Fsp3) is 0.615. The highest BCUT2D eigenvalue weighted by atomic mass is 16.6. The Kier molecular flexibility index (Phi) is 54.5. The number of unbranched alkanes of at least 4 members (excludes halogenated alkanes) is 17. The van der Waals surface area contributed by atoms with Crippen molar-refractivity contribution in [3.8, 4) is 0 Å². The number of esters is 3. The Morgan fingerprint density at radius 2 is 0.549 bits per heavy atom. The summed E-state index contributed by atoms with van der Waals surface area (Å²) in [5, 5.41) is 0. The summed E-state index contributed by atoms with van der Waals surface area (Å²) in [5.74, 6) is -0.936. The fourth-order valence-electron chi connectivity index (χ4n) is 7.41. The predicted molar refractivity (Wildman–Crippen MR) is 306 cm³/mol. The summed E-state index contributed by atoms with van der Waals surface area (Å²) in [7, 11) is 0. The molecule has 0 aromatic carbocycles. The fourth-order valence-corrected chi connectivity index (χ4v) is 7.41. The number of ether oxygens (including phenoxy) is 3. The van der Waals surface area contributed by atoms with E-state index in [1.165, 1.54) is 38.5 Å². The number of allylic oxidation sites excluding steroid dienone is 22. The molecule has 0 amide bonds. The van der Waals surface area contributed by atoms with Gasteiger partial charge in [0, 0.05) is 19.3 Å².